The lowest BCUT2D eigenvalue weighted by Gasteiger charge is -2.30. The molecule has 28 heavy (non-hydrogen) atoms. The third-order valence-corrected chi connectivity index (χ3v) is 5.64. The fraction of sp³-hybridized carbons (Fsp3) is 0.545. The summed E-state index contributed by atoms with van der Waals surface area (Å²) >= 11 is 0. The quantitative estimate of drug-likeness (QED) is 0.395. The maximum atomic E-state index is 5.62. The second-order valence-corrected chi connectivity index (χ2v) is 7.55. The fourth-order valence-electron chi connectivity index (χ4n) is 3.98. The van der Waals surface area contributed by atoms with E-state index in [1.807, 2.05) is 24.0 Å². The molecular weight excluding hydrogens is 350 g/mol. The van der Waals surface area contributed by atoms with Crippen molar-refractivity contribution in [3.8, 4) is 5.69 Å². The van der Waals surface area contributed by atoms with Crippen molar-refractivity contribution >= 4 is 5.96 Å². The Balaban J connectivity index is 1.52. The van der Waals surface area contributed by atoms with E-state index in [1.54, 1.807) is 6.20 Å². The molecule has 0 atom stereocenters. The Kier molecular flexibility index (Phi) is 7.48. The highest BCUT2D eigenvalue weighted by atomic mass is 16.5. The lowest BCUT2D eigenvalue weighted by atomic mass is 9.83. The van der Waals surface area contributed by atoms with Crippen molar-refractivity contribution in [1.82, 2.24) is 20.4 Å². The molecule has 0 bridgehead atoms. The SMILES string of the molecule is CCOCCC1(CNC(=NC)NCc2cccc(-n3cccn3)c2)CCCC1. The highest BCUT2D eigenvalue weighted by molar-refractivity contribution is 5.79. The number of aromatic nitrogens is 2. The first-order valence-corrected chi connectivity index (χ1v) is 10.4. The molecule has 2 aromatic rings. The van der Waals surface area contributed by atoms with Gasteiger partial charge in [0.05, 0.1) is 5.69 Å². The molecular formula is C22H33N5O. The molecule has 2 N–H and O–H groups in total. The van der Waals surface area contributed by atoms with Gasteiger partial charge in [0.15, 0.2) is 5.96 Å². The second kappa shape index (κ2) is 10.3. The molecule has 0 amide bonds. The first-order valence-electron chi connectivity index (χ1n) is 10.4. The highest BCUT2D eigenvalue weighted by Gasteiger charge is 2.33. The average Bonchev–Trinajstić information content (AvgIpc) is 3.41. The second-order valence-electron chi connectivity index (χ2n) is 7.55. The molecule has 1 aromatic heterocycles. The minimum absolute atomic E-state index is 0.340. The van der Waals surface area contributed by atoms with Gasteiger partial charge in [0.2, 0.25) is 0 Å². The van der Waals surface area contributed by atoms with Gasteiger partial charge in [-0.05, 0) is 55.4 Å². The van der Waals surface area contributed by atoms with Crippen LogP contribution in [0.15, 0.2) is 47.7 Å². The number of benzene rings is 1. The first-order chi connectivity index (χ1) is 13.7. The van der Waals surface area contributed by atoms with Gasteiger partial charge in [0, 0.05) is 45.7 Å². The Morgan fingerprint density at radius 2 is 2.11 bits per heavy atom. The largest absolute Gasteiger partial charge is 0.382 e. The zero-order valence-corrected chi connectivity index (χ0v) is 17.2. The summed E-state index contributed by atoms with van der Waals surface area (Å²) in [5.41, 5.74) is 2.60. The van der Waals surface area contributed by atoms with Crippen molar-refractivity contribution in [3.05, 3.63) is 48.3 Å². The lowest BCUT2D eigenvalue weighted by Crippen LogP contribution is -2.43. The third kappa shape index (κ3) is 5.58. The number of hydrogen-bond acceptors (Lipinski definition) is 3. The molecule has 1 heterocycles. The van der Waals surface area contributed by atoms with E-state index in [0.29, 0.717) is 5.41 Å². The van der Waals surface area contributed by atoms with Crippen LogP contribution >= 0.6 is 0 Å². The topological polar surface area (TPSA) is 63.5 Å². The molecule has 3 rings (SSSR count). The summed E-state index contributed by atoms with van der Waals surface area (Å²) in [6.45, 7) is 5.38. The predicted molar refractivity (Wildman–Crippen MR) is 114 cm³/mol. The molecule has 0 spiro atoms. The highest BCUT2D eigenvalue weighted by Crippen LogP contribution is 2.40. The van der Waals surface area contributed by atoms with Crippen LogP contribution < -0.4 is 10.6 Å². The standard InChI is InChI=1S/C22H33N5O/c1-3-28-15-12-22(10-4-5-11-22)18-25-21(23-2)24-17-19-8-6-9-20(16-19)27-14-7-13-26-27/h6-9,13-14,16H,3-5,10-12,15,17-18H2,1-2H3,(H2,23,24,25). The van der Waals surface area contributed by atoms with Crippen molar-refractivity contribution in [2.75, 3.05) is 26.8 Å². The summed E-state index contributed by atoms with van der Waals surface area (Å²) in [6, 6.07) is 10.3. The molecule has 0 saturated heterocycles. The molecule has 0 aliphatic heterocycles. The number of hydrogen-bond donors (Lipinski definition) is 2. The van der Waals surface area contributed by atoms with Gasteiger partial charge in [-0.2, -0.15) is 5.10 Å². The number of nitrogens with one attached hydrogen (secondary N) is 2. The number of ether oxygens (including phenoxy) is 1. The number of nitrogens with zero attached hydrogens (tertiary/aromatic N) is 3. The molecule has 1 aromatic carbocycles. The van der Waals surface area contributed by atoms with Gasteiger partial charge in [-0.25, -0.2) is 4.68 Å². The smallest absolute Gasteiger partial charge is 0.191 e. The summed E-state index contributed by atoms with van der Waals surface area (Å²) in [6.07, 6.45) is 10.1. The van der Waals surface area contributed by atoms with Crippen LogP contribution in [-0.2, 0) is 11.3 Å². The van der Waals surface area contributed by atoms with Gasteiger partial charge < -0.3 is 15.4 Å². The van der Waals surface area contributed by atoms with Gasteiger partial charge >= 0.3 is 0 Å². The van der Waals surface area contributed by atoms with E-state index in [9.17, 15) is 0 Å². The maximum absolute atomic E-state index is 5.62. The van der Waals surface area contributed by atoms with Gasteiger partial charge in [-0.3, -0.25) is 4.99 Å². The molecule has 1 saturated carbocycles. The van der Waals surface area contributed by atoms with Gasteiger partial charge in [0.1, 0.15) is 0 Å². The number of aliphatic imine (C=N–C) groups is 1. The van der Waals surface area contributed by atoms with E-state index in [4.69, 9.17) is 4.74 Å². The van der Waals surface area contributed by atoms with E-state index < -0.39 is 0 Å². The Bertz CT molecular complexity index is 735. The molecule has 6 heteroatoms. The first kappa shape index (κ1) is 20.4. The van der Waals surface area contributed by atoms with Gasteiger partial charge in [-0.15, -0.1) is 0 Å². The van der Waals surface area contributed by atoms with Crippen LogP contribution in [0.5, 0.6) is 0 Å². The van der Waals surface area contributed by atoms with Crippen molar-refractivity contribution in [3.63, 3.8) is 0 Å². The fourth-order valence-corrected chi connectivity index (χ4v) is 3.98. The zero-order chi connectivity index (χ0) is 19.7. The van der Waals surface area contributed by atoms with Crippen LogP contribution in [0, 0.1) is 5.41 Å². The van der Waals surface area contributed by atoms with Crippen molar-refractivity contribution in [2.24, 2.45) is 10.4 Å². The van der Waals surface area contributed by atoms with Crippen LogP contribution in [0.4, 0.5) is 0 Å². The molecule has 152 valence electrons. The van der Waals surface area contributed by atoms with Gasteiger partial charge in [0.25, 0.3) is 0 Å². The van der Waals surface area contributed by atoms with Crippen LogP contribution in [0.1, 0.15) is 44.6 Å². The lowest BCUT2D eigenvalue weighted by molar-refractivity contribution is 0.105. The van der Waals surface area contributed by atoms with E-state index in [-0.39, 0.29) is 0 Å². The van der Waals surface area contributed by atoms with Crippen LogP contribution in [-0.4, -0.2) is 42.5 Å². The van der Waals surface area contributed by atoms with Crippen LogP contribution in [0.2, 0.25) is 0 Å². The summed E-state index contributed by atoms with van der Waals surface area (Å²) in [5.74, 6) is 0.854. The zero-order valence-electron chi connectivity index (χ0n) is 17.2. The van der Waals surface area contributed by atoms with E-state index in [1.165, 1.54) is 31.2 Å². The van der Waals surface area contributed by atoms with E-state index in [2.05, 4.69) is 51.9 Å². The minimum atomic E-state index is 0.340. The van der Waals surface area contributed by atoms with Crippen molar-refractivity contribution < 1.29 is 4.74 Å². The Morgan fingerprint density at radius 3 is 2.82 bits per heavy atom. The minimum Gasteiger partial charge on any atom is -0.382 e. The molecule has 0 radical (unpaired) electrons. The molecule has 6 nitrogen and oxygen atoms in total. The van der Waals surface area contributed by atoms with Gasteiger partial charge in [-0.1, -0.05) is 25.0 Å². The number of guanidine groups is 1. The Hall–Kier alpha value is -2.34. The van der Waals surface area contributed by atoms with Crippen molar-refractivity contribution in [1.29, 1.82) is 0 Å². The van der Waals surface area contributed by atoms with Crippen molar-refractivity contribution in [2.45, 2.75) is 45.6 Å². The summed E-state index contributed by atoms with van der Waals surface area (Å²) in [4.78, 5) is 4.41. The predicted octanol–water partition coefficient (Wildman–Crippen LogP) is 3.52. The van der Waals surface area contributed by atoms with E-state index in [0.717, 1.165) is 44.4 Å². The average molecular weight is 384 g/mol. The van der Waals surface area contributed by atoms with Crippen LogP contribution in [0.3, 0.4) is 0 Å². The Morgan fingerprint density at radius 1 is 1.25 bits per heavy atom. The van der Waals surface area contributed by atoms with Crippen LogP contribution in [0.25, 0.3) is 5.69 Å². The summed E-state index contributed by atoms with van der Waals surface area (Å²) < 4.78 is 7.49. The normalized spacial score (nSPS) is 16.3. The molecule has 1 aliphatic rings. The maximum Gasteiger partial charge on any atom is 0.191 e. The molecule has 1 fully saturated rings. The Labute approximate surface area is 168 Å². The summed E-state index contributed by atoms with van der Waals surface area (Å²) in [5, 5.41) is 11.3. The summed E-state index contributed by atoms with van der Waals surface area (Å²) in [7, 11) is 1.83. The van der Waals surface area contributed by atoms with E-state index >= 15 is 0 Å². The number of rotatable bonds is 9. The molecule has 1 aliphatic carbocycles. The monoisotopic (exact) mass is 383 g/mol. The third-order valence-electron chi connectivity index (χ3n) is 5.64. The molecule has 0 unspecified atom stereocenters.